The van der Waals surface area contributed by atoms with Gasteiger partial charge in [0.2, 0.25) is 10.0 Å². The van der Waals surface area contributed by atoms with E-state index in [0.29, 0.717) is 6.54 Å². The minimum absolute atomic E-state index is 0.0541. The van der Waals surface area contributed by atoms with Crippen LogP contribution in [0.2, 0.25) is 0 Å². The third-order valence-corrected chi connectivity index (χ3v) is 5.68. The quantitative estimate of drug-likeness (QED) is 0.539. The van der Waals surface area contributed by atoms with Crippen LogP contribution >= 0.6 is 11.8 Å². The van der Waals surface area contributed by atoms with Crippen molar-refractivity contribution in [3.63, 3.8) is 0 Å². The number of hydrogen-bond donors (Lipinski definition) is 0. The van der Waals surface area contributed by atoms with Crippen molar-refractivity contribution < 1.29 is 17.9 Å². The van der Waals surface area contributed by atoms with Crippen molar-refractivity contribution in [1.82, 2.24) is 4.31 Å². The van der Waals surface area contributed by atoms with Gasteiger partial charge in [-0.25, -0.2) is 12.7 Å². The third kappa shape index (κ3) is 6.07. The number of thioether (sulfide) groups is 1. The molecule has 0 aliphatic rings. The summed E-state index contributed by atoms with van der Waals surface area (Å²) in [6, 6.07) is 7.79. The molecule has 0 aliphatic carbocycles. The van der Waals surface area contributed by atoms with Crippen LogP contribution in [0.5, 0.6) is 0 Å². The Kier molecular flexibility index (Phi) is 7.21. The summed E-state index contributed by atoms with van der Waals surface area (Å²) < 4.78 is 30.0. The Morgan fingerprint density at radius 2 is 1.90 bits per heavy atom. The molecule has 5 nitrogen and oxygen atoms in total. The highest BCUT2D eigenvalue weighted by Crippen LogP contribution is 2.16. The summed E-state index contributed by atoms with van der Waals surface area (Å²) in [6.45, 7) is 0.329. The molecule has 0 amide bonds. The fourth-order valence-corrected chi connectivity index (χ4v) is 3.32. The van der Waals surface area contributed by atoms with Crippen LogP contribution in [0, 0.1) is 0 Å². The molecule has 0 spiro atoms. The predicted molar refractivity (Wildman–Crippen MR) is 84.7 cm³/mol. The lowest BCUT2D eigenvalue weighted by Crippen LogP contribution is -2.29. The Labute approximate surface area is 130 Å². The summed E-state index contributed by atoms with van der Waals surface area (Å²) in [4.78, 5) is 12.1. The molecule has 0 unspecified atom stereocenters. The first-order chi connectivity index (χ1) is 9.89. The molecule has 0 atom stereocenters. The first-order valence-corrected chi connectivity index (χ1v) is 9.36. The first-order valence-electron chi connectivity index (χ1n) is 6.53. The largest absolute Gasteiger partial charge is 0.469 e. The van der Waals surface area contributed by atoms with Crippen LogP contribution in [-0.2, 0) is 26.1 Å². The lowest BCUT2D eigenvalue weighted by Gasteiger charge is -2.17. The molecule has 1 aromatic carbocycles. The lowest BCUT2D eigenvalue weighted by molar-refractivity contribution is -0.140. The molecule has 1 aromatic rings. The summed E-state index contributed by atoms with van der Waals surface area (Å²) in [5, 5.41) is 0. The molecular weight excluding hydrogens is 310 g/mol. The van der Waals surface area contributed by atoms with Gasteiger partial charge >= 0.3 is 5.97 Å². The molecule has 0 fully saturated rings. The van der Waals surface area contributed by atoms with Crippen molar-refractivity contribution in [2.75, 3.05) is 26.2 Å². The van der Waals surface area contributed by atoms with E-state index in [2.05, 4.69) is 4.74 Å². The molecule has 0 saturated carbocycles. The number of rotatable bonds is 8. The molecule has 0 aliphatic heterocycles. The van der Waals surface area contributed by atoms with Crippen molar-refractivity contribution in [3.8, 4) is 0 Å². The van der Waals surface area contributed by atoms with Crippen molar-refractivity contribution >= 4 is 27.8 Å². The maximum Gasteiger partial charge on any atom is 0.305 e. The van der Waals surface area contributed by atoms with Gasteiger partial charge in [-0.15, -0.1) is 11.8 Å². The number of ether oxygens (including phenoxy) is 1. The Bertz CT molecular complexity index is 555. The zero-order valence-electron chi connectivity index (χ0n) is 12.5. The van der Waals surface area contributed by atoms with E-state index < -0.39 is 10.0 Å². The molecule has 118 valence electrons. The monoisotopic (exact) mass is 331 g/mol. The number of sulfonamides is 1. The van der Waals surface area contributed by atoms with E-state index in [4.69, 9.17) is 0 Å². The first kappa shape index (κ1) is 18.0. The summed E-state index contributed by atoms with van der Waals surface area (Å²) in [7, 11) is -0.513. The van der Waals surface area contributed by atoms with Gasteiger partial charge in [0, 0.05) is 24.9 Å². The van der Waals surface area contributed by atoms with E-state index in [9.17, 15) is 13.2 Å². The molecule has 7 heteroatoms. The Hall–Kier alpha value is -1.05. The minimum Gasteiger partial charge on any atom is -0.469 e. The van der Waals surface area contributed by atoms with E-state index in [1.807, 2.05) is 30.5 Å². The number of methoxy groups -OCH3 is 1. The Morgan fingerprint density at radius 3 is 2.43 bits per heavy atom. The van der Waals surface area contributed by atoms with Gasteiger partial charge in [0.25, 0.3) is 0 Å². The van der Waals surface area contributed by atoms with Crippen LogP contribution in [0.1, 0.15) is 18.4 Å². The highest BCUT2D eigenvalue weighted by atomic mass is 32.2. The molecule has 1 rings (SSSR count). The fourth-order valence-electron chi connectivity index (χ4n) is 1.74. The Balaban J connectivity index is 2.55. The van der Waals surface area contributed by atoms with E-state index in [1.165, 1.54) is 11.4 Å². The summed E-state index contributed by atoms with van der Waals surface area (Å²) in [6.07, 6.45) is 2.38. The number of carbonyl (C=O) groups excluding carboxylic acids is 1. The highest BCUT2D eigenvalue weighted by molar-refractivity contribution is 7.98. The molecule has 0 aromatic heterocycles. The van der Waals surface area contributed by atoms with Gasteiger partial charge in [-0.1, -0.05) is 12.1 Å². The molecule has 0 heterocycles. The lowest BCUT2D eigenvalue weighted by atomic mass is 10.2. The normalized spacial score (nSPS) is 11.6. The van der Waals surface area contributed by atoms with Gasteiger partial charge in [-0.3, -0.25) is 4.79 Å². The molecule has 21 heavy (non-hydrogen) atoms. The zero-order chi connectivity index (χ0) is 15.9. The summed E-state index contributed by atoms with van der Waals surface area (Å²) in [5.41, 5.74) is 0.937. The minimum atomic E-state index is -3.36. The highest BCUT2D eigenvalue weighted by Gasteiger charge is 2.18. The Morgan fingerprint density at radius 1 is 1.29 bits per heavy atom. The van der Waals surface area contributed by atoms with Crippen molar-refractivity contribution in [1.29, 1.82) is 0 Å². The van der Waals surface area contributed by atoms with Crippen molar-refractivity contribution in [2.45, 2.75) is 24.3 Å². The smallest absolute Gasteiger partial charge is 0.305 e. The van der Waals surface area contributed by atoms with E-state index in [-0.39, 0.29) is 24.6 Å². The second-order valence-corrected chi connectivity index (χ2v) is 7.67. The van der Waals surface area contributed by atoms with E-state index >= 15 is 0 Å². The number of benzene rings is 1. The average molecular weight is 331 g/mol. The van der Waals surface area contributed by atoms with E-state index in [1.54, 1.807) is 18.8 Å². The second-order valence-electron chi connectivity index (χ2n) is 4.60. The van der Waals surface area contributed by atoms with Gasteiger partial charge in [0.05, 0.1) is 12.9 Å². The maximum absolute atomic E-state index is 12.1. The second kappa shape index (κ2) is 8.41. The van der Waals surface area contributed by atoms with Gasteiger partial charge in [-0.2, -0.15) is 0 Å². The van der Waals surface area contributed by atoms with Crippen LogP contribution in [0.25, 0.3) is 0 Å². The summed E-state index contributed by atoms with van der Waals surface area (Å²) >= 11 is 1.64. The average Bonchev–Trinajstić information content (AvgIpc) is 2.47. The number of hydrogen-bond acceptors (Lipinski definition) is 5. The van der Waals surface area contributed by atoms with Crippen molar-refractivity contribution in [3.05, 3.63) is 29.8 Å². The zero-order valence-corrected chi connectivity index (χ0v) is 14.2. The van der Waals surface area contributed by atoms with Crippen LogP contribution in [0.4, 0.5) is 0 Å². The van der Waals surface area contributed by atoms with Crippen molar-refractivity contribution in [2.24, 2.45) is 0 Å². The topological polar surface area (TPSA) is 63.7 Å². The molecule has 0 radical (unpaired) electrons. The van der Waals surface area contributed by atoms with Gasteiger partial charge in [-0.05, 0) is 30.4 Å². The molecular formula is C14H21NO4S2. The molecule has 0 saturated heterocycles. The van der Waals surface area contributed by atoms with Gasteiger partial charge in [0.1, 0.15) is 0 Å². The van der Waals surface area contributed by atoms with Gasteiger partial charge < -0.3 is 4.74 Å². The third-order valence-electron chi connectivity index (χ3n) is 3.05. The van der Waals surface area contributed by atoms with E-state index in [0.717, 1.165) is 10.5 Å². The molecule has 0 bridgehead atoms. The number of esters is 1. The summed E-state index contributed by atoms with van der Waals surface area (Å²) in [5.74, 6) is -0.442. The predicted octanol–water partition coefficient (Wildman–Crippen LogP) is 2.12. The van der Waals surface area contributed by atoms with Gasteiger partial charge in [0.15, 0.2) is 0 Å². The maximum atomic E-state index is 12.1. The van der Waals surface area contributed by atoms with Crippen LogP contribution in [-0.4, -0.2) is 44.9 Å². The number of nitrogens with zero attached hydrogens (tertiary/aromatic N) is 1. The number of carbonyl (C=O) groups is 1. The standard InChI is InChI=1S/C14H21NO4S2/c1-15(11-12-6-8-13(20-3)9-7-12)21(17,18)10-4-5-14(16)19-2/h6-9H,4-5,10-11H2,1-3H3. The van der Waals surface area contributed by atoms with Crippen LogP contribution < -0.4 is 0 Å². The fraction of sp³-hybridized carbons (Fsp3) is 0.500. The SMILES string of the molecule is COC(=O)CCCS(=O)(=O)N(C)Cc1ccc(SC)cc1. The molecule has 0 N–H and O–H groups in total. The van der Waals surface area contributed by atoms with Crippen LogP contribution in [0.3, 0.4) is 0 Å². The van der Waals surface area contributed by atoms with Crippen LogP contribution in [0.15, 0.2) is 29.2 Å².